The lowest BCUT2D eigenvalue weighted by atomic mass is 10.0. The Balaban J connectivity index is 2.56. The van der Waals surface area contributed by atoms with Gasteiger partial charge >= 0.3 is 0 Å². The summed E-state index contributed by atoms with van der Waals surface area (Å²) in [5.74, 6) is 0. The maximum atomic E-state index is 3.94. The lowest BCUT2D eigenvalue weighted by Gasteiger charge is -2.10. The summed E-state index contributed by atoms with van der Waals surface area (Å²) in [5, 5.41) is 5.67. The van der Waals surface area contributed by atoms with Crippen LogP contribution in [0.1, 0.15) is 11.1 Å². The van der Waals surface area contributed by atoms with Crippen molar-refractivity contribution in [3.05, 3.63) is 54.6 Å². The summed E-state index contributed by atoms with van der Waals surface area (Å²) >= 11 is 0. The average Bonchev–Trinajstić information content (AvgIpc) is 2.83. The van der Waals surface area contributed by atoms with Crippen LogP contribution in [0.2, 0.25) is 0 Å². The van der Waals surface area contributed by atoms with Crippen molar-refractivity contribution in [3.8, 4) is 0 Å². The van der Waals surface area contributed by atoms with Crippen LogP contribution in [0.3, 0.4) is 0 Å². The van der Waals surface area contributed by atoms with Crippen molar-refractivity contribution in [3.63, 3.8) is 0 Å². The molecule has 19 heavy (non-hydrogen) atoms. The van der Waals surface area contributed by atoms with Gasteiger partial charge in [0.05, 0.1) is 5.52 Å². The van der Waals surface area contributed by atoms with Crippen LogP contribution in [0.25, 0.3) is 34.0 Å². The topological polar surface area (TPSA) is 27.8 Å². The standard InChI is InChI=1S/C17H16N2/c1-4-11-12(5-2)17-14(10-16(11)18-3)13-8-6-7-9-15(13)19-17/h4-10,18-19H,1-2H2,3H3. The van der Waals surface area contributed by atoms with E-state index in [1.807, 2.05) is 25.3 Å². The van der Waals surface area contributed by atoms with Gasteiger partial charge in [-0.2, -0.15) is 0 Å². The molecule has 2 nitrogen and oxygen atoms in total. The molecule has 0 atom stereocenters. The van der Waals surface area contributed by atoms with Crippen LogP contribution >= 0.6 is 0 Å². The molecule has 0 saturated carbocycles. The van der Waals surface area contributed by atoms with E-state index in [1.54, 1.807) is 0 Å². The molecule has 2 aromatic carbocycles. The smallest absolute Gasteiger partial charge is 0.0545 e. The highest BCUT2D eigenvalue weighted by Crippen LogP contribution is 2.35. The number of hydrogen-bond acceptors (Lipinski definition) is 1. The Bertz CT molecular complexity index is 794. The third kappa shape index (κ3) is 1.57. The summed E-state index contributed by atoms with van der Waals surface area (Å²) in [6.45, 7) is 7.85. The maximum Gasteiger partial charge on any atom is 0.0545 e. The van der Waals surface area contributed by atoms with E-state index in [4.69, 9.17) is 0 Å². The number of nitrogens with one attached hydrogen (secondary N) is 2. The van der Waals surface area contributed by atoms with Gasteiger partial charge in [-0.25, -0.2) is 0 Å². The van der Waals surface area contributed by atoms with Gasteiger partial charge in [0.25, 0.3) is 0 Å². The third-order valence-corrected chi connectivity index (χ3v) is 3.56. The number of rotatable bonds is 3. The summed E-state index contributed by atoms with van der Waals surface area (Å²) in [6.07, 6.45) is 3.75. The van der Waals surface area contributed by atoms with Crippen molar-refractivity contribution < 1.29 is 0 Å². The lowest BCUT2D eigenvalue weighted by Crippen LogP contribution is -1.94. The zero-order chi connectivity index (χ0) is 13.4. The summed E-state index contributed by atoms with van der Waals surface area (Å²) in [6, 6.07) is 10.5. The minimum atomic E-state index is 1.07. The van der Waals surface area contributed by atoms with Crippen molar-refractivity contribution in [2.45, 2.75) is 0 Å². The molecule has 0 aliphatic rings. The number of aromatic nitrogens is 1. The highest BCUT2D eigenvalue weighted by atomic mass is 14.8. The number of para-hydroxylation sites is 1. The molecule has 94 valence electrons. The number of H-pyrrole nitrogens is 1. The number of benzene rings is 2. The van der Waals surface area contributed by atoms with E-state index >= 15 is 0 Å². The van der Waals surface area contributed by atoms with Crippen LogP contribution in [-0.2, 0) is 0 Å². The molecule has 0 radical (unpaired) electrons. The second-order valence-corrected chi connectivity index (χ2v) is 4.50. The minimum absolute atomic E-state index is 1.07. The van der Waals surface area contributed by atoms with Crippen LogP contribution in [0.5, 0.6) is 0 Å². The van der Waals surface area contributed by atoms with Crippen molar-refractivity contribution in [1.82, 2.24) is 4.98 Å². The zero-order valence-corrected chi connectivity index (χ0v) is 11.0. The van der Waals surface area contributed by atoms with E-state index in [9.17, 15) is 0 Å². The summed E-state index contributed by atoms with van der Waals surface area (Å²) in [5.41, 5.74) is 5.50. The molecule has 0 bridgehead atoms. The number of anilines is 1. The molecule has 1 heterocycles. The van der Waals surface area contributed by atoms with Crippen LogP contribution in [0.4, 0.5) is 5.69 Å². The van der Waals surface area contributed by atoms with E-state index in [-0.39, 0.29) is 0 Å². The van der Waals surface area contributed by atoms with E-state index in [0.717, 1.165) is 27.8 Å². The first-order valence-electron chi connectivity index (χ1n) is 6.30. The molecular formula is C17H16N2. The van der Waals surface area contributed by atoms with Gasteiger partial charge in [0.1, 0.15) is 0 Å². The molecule has 0 aliphatic heterocycles. The highest BCUT2D eigenvalue weighted by Gasteiger charge is 2.12. The molecule has 3 rings (SSSR count). The summed E-state index contributed by atoms with van der Waals surface area (Å²) in [4.78, 5) is 3.48. The Hall–Kier alpha value is -2.48. The van der Waals surface area contributed by atoms with Gasteiger partial charge in [-0.15, -0.1) is 0 Å². The highest BCUT2D eigenvalue weighted by molar-refractivity contribution is 6.12. The Labute approximate surface area is 112 Å². The Morgan fingerprint density at radius 1 is 1.05 bits per heavy atom. The second kappa shape index (κ2) is 4.32. The lowest BCUT2D eigenvalue weighted by molar-refractivity contribution is 1.48. The van der Waals surface area contributed by atoms with Crippen molar-refractivity contribution >= 4 is 39.6 Å². The molecule has 0 fully saturated rings. The largest absolute Gasteiger partial charge is 0.388 e. The van der Waals surface area contributed by atoms with Gasteiger partial charge in [-0.1, -0.05) is 43.5 Å². The van der Waals surface area contributed by atoms with Gasteiger partial charge in [-0.3, -0.25) is 0 Å². The molecule has 3 aromatic rings. The molecule has 2 heteroatoms. The molecule has 2 N–H and O–H groups in total. The van der Waals surface area contributed by atoms with Gasteiger partial charge in [-0.05, 0) is 12.1 Å². The fraction of sp³-hybridized carbons (Fsp3) is 0.0588. The van der Waals surface area contributed by atoms with Gasteiger partial charge in [0.2, 0.25) is 0 Å². The molecule has 0 spiro atoms. The van der Waals surface area contributed by atoms with Crippen LogP contribution in [0.15, 0.2) is 43.5 Å². The molecule has 1 aromatic heterocycles. The molecule has 0 unspecified atom stereocenters. The molecular weight excluding hydrogens is 232 g/mol. The molecule has 0 saturated heterocycles. The quantitative estimate of drug-likeness (QED) is 0.693. The predicted octanol–water partition coefficient (Wildman–Crippen LogP) is 4.65. The summed E-state index contributed by atoms with van der Waals surface area (Å²) < 4.78 is 0. The van der Waals surface area contributed by atoms with Crippen molar-refractivity contribution in [2.75, 3.05) is 12.4 Å². The second-order valence-electron chi connectivity index (χ2n) is 4.50. The third-order valence-electron chi connectivity index (χ3n) is 3.56. The molecule has 0 aliphatic carbocycles. The first-order chi connectivity index (χ1) is 9.30. The fourth-order valence-electron chi connectivity index (χ4n) is 2.67. The predicted molar refractivity (Wildman–Crippen MR) is 85.5 cm³/mol. The Kier molecular flexibility index (Phi) is 2.64. The Morgan fingerprint density at radius 2 is 1.79 bits per heavy atom. The van der Waals surface area contributed by atoms with Crippen LogP contribution in [0, 0.1) is 0 Å². The van der Waals surface area contributed by atoms with Gasteiger partial charge in [0, 0.05) is 40.2 Å². The monoisotopic (exact) mass is 248 g/mol. The summed E-state index contributed by atoms with van der Waals surface area (Å²) in [7, 11) is 1.93. The number of aromatic amines is 1. The zero-order valence-electron chi connectivity index (χ0n) is 11.0. The van der Waals surface area contributed by atoms with Crippen molar-refractivity contribution in [1.29, 1.82) is 0 Å². The Morgan fingerprint density at radius 3 is 2.47 bits per heavy atom. The minimum Gasteiger partial charge on any atom is -0.388 e. The van der Waals surface area contributed by atoms with Crippen LogP contribution in [-0.4, -0.2) is 12.0 Å². The first-order valence-corrected chi connectivity index (χ1v) is 6.30. The molecule has 0 amide bonds. The van der Waals surface area contributed by atoms with E-state index in [0.29, 0.717) is 0 Å². The van der Waals surface area contributed by atoms with Crippen molar-refractivity contribution in [2.24, 2.45) is 0 Å². The SMILES string of the molecule is C=Cc1c(NC)cc2c([nH]c3ccccc32)c1C=C. The van der Waals surface area contributed by atoms with Gasteiger partial charge in [0.15, 0.2) is 0 Å². The number of fused-ring (bicyclic) bond motifs is 3. The number of hydrogen-bond donors (Lipinski definition) is 2. The fourth-order valence-corrected chi connectivity index (χ4v) is 2.67. The van der Waals surface area contributed by atoms with Gasteiger partial charge < -0.3 is 10.3 Å². The average molecular weight is 248 g/mol. The van der Waals surface area contributed by atoms with E-state index < -0.39 is 0 Å². The van der Waals surface area contributed by atoms with E-state index in [1.165, 1.54) is 10.8 Å². The van der Waals surface area contributed by atoms with E-state index in [2.05, 4.69) is 47.7 Å². The van der Waals surface area contributed by atoms with Crippen LogP contribution < -0.4 is 5.32 Å². The first kappa shape index (κ1) is 11.6. The maximum absolute atomic E-state index is 3.94. The normalized spacial score (nSPS) is 10.8.